The molecule has 0 bridgehead atoms. The van der Waals surface area contributed by atoms with E-state index >= 15 is 0 Å². The van der Waals surface area contributed by atoms with E-state index in [0.29, 0.717) is 6.04 Å². The molecule has 1 N–H and O–H groups in total. The highest BCUT2D eigenvalue weighted by Gasteiger charge is 2.18. The summed E-state index contributed by atoms with van der Waals surface area (Å²) in [5.74, 6) is 0.890. The molecule has 0 aliphatic carbocycles. The largest absolute Gasteiger partial charge is 0.496 e. The Morgan fingerprint density at radius 3 is 2.65 bits per heavy atom. The van der Waals surface area contributed by atoms with Gasteiger partial charge in [0.05, 0.1) is 11.6 Å². The highest BCUT2D eigenvalue weighted by atomic mass is 79.9. The number of rotatable bonds is 3. The second kappa shape index (κ2) is 5.85. The topological polar surface area (TPSA) is 24.5 Å². The Bertz CT molecular complexity index is 378. The number of nitrogens with zero attached hydrogens (tertiary/aromatic N) is 1. The van der Waals surface area contributed by atoms with Gasteiger partial charge in [-0.15, -0.1) is 0 Å². The van der Waals surface area contributed by atoms with Crippen molar-refractivity contribution >= 4 is 15.9 Å². The molecule has 0 aromatic heterocycles. The van der Waals surface area contributed by atoms with Crippen molar-refractivity contribution in [2.75, 3.05) is 33.3 Å². The van der Waals surface area contributed by atoms with Crippen molar-refractivity contribution in [2.24, 2.45) is 0 Å². The number of hydrogen-bond donors (Lipinski definition) is 1. The molecule has 17 heavy (non-hydrogen) atoms. The highest BCUT2D eigenvalue weighted by Crippen LogP contribution is 2.30. The molecule has 1 aliphatic rings. The summed E-state index contributed by atoms with van der Waals surface area (Å²) in [7, 11) is 1.69. The third kappa shape index (κ3) is 3.00. The van der Waals surface area contributed by atoms with Crippen LogP contribution in [-0.2, 0) is 0 Å². The van der Waals surface area contributed by atoms with Crippen LogP contribution in [0.3, 0.4) is 0 Å². The molecule has 2 rings (SSSR count). The fraction of sp³-hybridized carbons (Fsp3) is 0.538. The van der Waals surface area contributed by atoms with Gasteiger partial charge >= 0.3 is 0 Å². The summed E-state index contributed by atoms with van der Waals surface area (Å²) in [6, 6.07) is 6.79. The van der Waals surface area contributed by atoms with E-state index in [4.69, 9.17) is 4.74 Å². The van der Waals surface area contributed by atoms with Gasteiger partial charge < -0.3 is 10.1 Å². The van der Waals surface area contributed by atoms with Crippen molar-refractivity contribution in [3.63, 3.8) is 0 Å². The summed E-state index contributed by atoms with van der Waals surface area (Å²) in [5, 5.41) is 3.38. The average molecular weight is 299 g/mol. The maximum Gasteiger partial charge on any atom is 0.133 e. The van der Waals surface area contributed by atoms with Gasteiger partial charge in [-0.05, 0) is 40.5 Å². The van der Waals surface area contributed by atoms with Crippen LogP contribution in [0, 0.1) is 0 Å². The number of halogens is 1. The van der Waals surface area contributed by atoms with Crippen molar-refractivity contribution < 1.29 is 4.74 Å². The molecule has 1 fully saturated rings. The standard InChI is InChI=1S/C13H19BrN2O/c1-10(16-7-5-15-6-8-16)11-3-4-13(17-2)12(14)9-11/h3-4,9-10,15H,5-8H2,1-2H3/t10-/m1/s1. The van der Waals surface area contributed by atoms with Gasteiger partial charge in [0.2, 0.25) is 0 Å². The molecule has 1 aromatic rings. The fourth-order valence-corrected chi connectivity index (χ4v) is 2.78. The number of methoxy groups -OCH3 is 1. The summed E-state index contributed by atoms with van der Waals surface area (Å²) >= 11 is 3.54. The molecule has 0 spiro atoms. The third-order valence-corrected chi connectivity index (χ3v) is 3.98. The molecule has 1 saturated heterocycles. The van der Waals surface area contributed by atoms with Gasteiger partial charge in [-0.1, -0.05) is 6.07 Å². The first-order valence-electron chi connectivity index (χ1n) is 6.00. The maximum atomic E-state index is 5.25. The van der Waals surface area contributed by atoms with Gasteiger partial charge in [-0.25, -0.2) is 0 Å². The lowest BCUT2D eigenvalue weighted by atomic mass is 10.1. The SMILES string of the molecule is COc1ccc([C@@H](C)N2CCNCC2)cc1Br. The summed E-state index contributed by atoms with van der Waals surface area (Å²) < 4.78 is 6.28. The number of benzene rings is 1. The monoisotopic (exact) mass is 298 g/mol. The lowest BCUT2D eigenvalue weighted by molar-refractivity contribution is 0.185. The van der Waals surface area contributed by atoms with Crippen LogP contribution >= 0.6 is 15.9 Å². The van der Waals surface area contributed by atoms with Crippen molar-refractivity contribution in [3.05, 3.63) is 28.2 Å². The van der Waals surface area contributed by atoms with Gasteiger partial charge in [0.15, 0.2) is 0 Å². The zero-order valence-electron chi connectivity index (χ0n) is 10.4. The van der Waals surface area contributed by atoms with Gasteiger partial charge in [0, 0.05) is 32.2 Å². The molecule has 3 nitrogen and oxygen atoms in total. The van der Waals surface area contributed by atoms with Crippen molar-refractivity contribution in [1.29, 1.82) is 0 Å². The van der Waals surface area contributed by atoms with Crippen LogP contribution in [0.1, 0.15) is 18.5 Å². The van der Waals surface area contributed by atoms with Crippen LogP contribution < -0.4 is 10.1 Å². The Morgan fingerprint density at radius 2 is 2.06 bits per heavy atom. The van der Waals surface area contributed by atoms with E-state index in [9.17, 15) is 0 Å². The summed E-state index contributed by atoms with van der Waals surface area (Å²) in [6.45, 7) is 6.67. The molecule has 1 aliphatic heterocycles. The normalized spacial score (nSPS) is 19.0. The molecule has 0 unspecified atom stereocenters. The minimum absolute atomic E-state index is 0.458. The van der Waals surface area contributed by atoms with E-state index in [-0.39, 0.29) is 0 Å². The molecule has 0 radical (unpaired) electrons. The molecule has 1 atom stereocenters. The van der Waals surface area contributed by atoms with Crippen molar-refractivity contribution in [1.82, 2.24) is 10.2 Å². The van der Waals surface area contributed by atoms with E-state index in [0.717, 1.165) is 36.4 Å². The second-order valence-corrected chi connectivity index (χ2v) is 5.21. The number of piperazine rings is 1. The van der Waals surface area contributed by atoms with Crippen LogP contribution in [0.15, 0.2) is 22.7 Å². The zero-order chi connectivity index (χ0) is 12.3. The first-order valence-corrected chi connectivity index (χ1v) is 6.80. The quantitative estimate of drug-likeness (QED) is 0.927. The minimum atomic E-state index is 0.458. The van der Waals surface area contributed by atoms with Crippen LogP contribution in [0.2, 0.25) is 0 Å². The molecular weight excluding hydrogens is 280 g/mol. The maximum absolute atomic E-state index is 5.25. The first-order chi connectivity index (χ1) is 8.22. The Morgan fingerprint density at radius 1 is 1.35 bits per heavy atom. The molecule has 94 valence electrons. The van der Waals surface area contributed by atoms with Gasteiger partial charge in [0.1, 0.15) is 5.75 Å². The third-order valence-electron chi connectivity index (χ3n) is 3.36. The molecular formula is C13H19BrN2O. The lowest BCUT2D eigenvalue weighted by Crippen LogP contribution is -2.44. The summed E-state index contributed by atoms with van der Waals surface area (Å²) in [4.78, 5) is 2.50. The first kappa shape index (κ1) is 12.9. The predicted molar refractivity (Wildman–Crippen MR) is 73.6 cm³/mol. The summed E-state index contributed by atoms with van der Waals surface area (Å²) in [6.07, 6.45) is 0. The molecule has 4 heteroatoms. The predicted octanol–water partition coefficient (Wildman–Crippen LogP) is 2.42. The average Bonchev–Trinajstić information content (AvgIpc) is 2.39. The Kier molecular flexibility index (Phi) is 4.42. The van der Waals surface area contributed by atoms with Gasteiger partial charge in [0.25, 0.3) is 0 Å². The Labute approximate surface area is 111 Å². The van der Waals surface area contributed by atoms with E-state index in [1.807, 2.05) is 6.07 Å². The number of nitrogens with one attached hydrogen (secondary N) is 1. The van der Waals surface area contributed by atoms with E-state index < -0.39 is 0 Å². The smallest absolute Gasteiger partial charge is 0.133 e. The number of hydrogen-bond acceptors (Lipinski definition) is 3. The molecule has 0 amide bonds. The van der Waals surface area contributed by atoms with Gasteiger partial charge in [-0.3, -0.25) is 4.90 Å². The van der Waals surface area contributed by atoms with Crippen molar-refractivity contribution in [3.8, 4) is 5.75 Å². The van der Waals surface area contributed by atoms with Crippen LogP contribution in [0.5, 0.6) is 5.75 Å². The summed E-state index contributed by atoms with van der Waals surface area (Å²) in [5.41, 5.74) is 1.33. The molecule has 0 saturated carbocycles. The van der Waals surface area contributed by atoms with Crippen LogP contribution in [0.25, 0.3) is 0 Å². The second-order valence-electron chi connectivity index (χ2n) is 4.36. The number of ether oxygens (including phenoxy) is 1. The van der Waals surface area contributed by atoms with Crippen molar-refractivity contribution in [2.45, 2.75) is 13.0 Å². The molecule has 1 aromatic carbocycles. The Hall–Kier alpha value is -0.580. The molecule has 1 heterocycles. The van der Waals surface area contributed by atoms with Crippen LogP contribution in [0.4, 0.5) is 0 Å². The lowest BCUT2D eigenvalue weighted by Gasteiger charge is -2.33. The Balaban J connectivity index is 2.12. The van der Waals surface area contributed by atoms with E-state index in [1.54, 1.807) is 7.11 Å². The van der Waals surface area contributed by atoms with E-state index in [2.05, 4.69) is 45.2 Å². The minimum Gasteiger partial charge on any atom is -0.496 e. The zero-order valence-corrected chi connectivity index (χ0v) is 12.0. The fourth-order valence-electron chi connectivity index (χ4n) is 2.22. The van der Waals surface area contributed by atoms with Crippen LogP contribution in [-0.4, -0.2) is 38.2 Å². The van der Waals surface area contributed by atoms with E-state index in [1.165, 1.54) is 5.56 Å². The highest BCUT2D eigenvalue weighted by molar-refractivity contribution is 9.10. The van der Waals surface area contributed by atoms with Gasteiger partial charge in [-0.2, -0.15) is 0 Å².